The zero-order valence-electron chi connectivity index (χ0n) is 10.8. The molecule has 2 aromatic carbocycles. The fraction of sp³-hybridized carbons (Fsp3) is 0.143. The highest BCUT2D eigenvalue weighted by atomic mass is 35.5. The molecule has 0 unspecified atom stereocenters. The zero-order chi connectivity index (χ0) is 14.8. The molecule has 20 heavy (non-hydrogen) atoms. The second-order valence-electron chi connectivity index (χ2n) is 4.31. The van der Waals surface area contributed by atoms with Crippen molar-refractivity contribution < 1.29 is 12.8 Å². The highest BCUT2D eigenvalue weighted by Gasteiger charge is 2.21. The molecular weight excluding hydrogens is 301 g/mol. The molecule has 0 aliphatic rings. The van der Waals surface area contributed by atoms with Crippen molar-refractivity contribution in [2.24, 2.45) is 0 Å². The number of hydrogen-bond acceptors (Lipinski definition) is 2. The molecule has 0 bridgehead atoms. The number of rotatable bonds is 4. The summed E-state index contributed by atoms with van der Waals surface area (Å²) in [7, 11) is -2.12. The molecule has 0 atom stereocenters. The largest absolute Gasteiger partial charge is 0.243 e. The topological polar surface area (TPSA) is 37.4 Å². The van der Waals surface area contributed by atoms with E-state index < -0.39 is 15.8 Å². The fourth-order valence-electron chi connectivity index (χ4n) is 1.75. The van der Waals surface area contributed by atoms with E-state index in [-0.39, 0.29) is 16.5 Å². The summed E-state index contributed by atoms with van der Waals surface area (Å²) in [5, 5.41) is 0.208. The minimum absolute atomic E-state index is 0.0797. The van der Waals surface area contributed by atoms with E-state index in [9.17, 15) is 12.8 Å². The molecule has 0 spiro atoms. The lowest BCUT2D eigenvalue weighted by atomic mass is 10.2. The molecule has 0 aromatic heterocycles. The summed E-state index contributed by atoms with van der Waals surface area (Å²) in [5.74, 6) is -0.452. The second-order valence-corrected chi connectivity index (χ2v) is 6.76. The van der Waals surface area contributed by atoms with E-state index >= 15 is 0 Å². The maximum Gasteiger partial charge on any atom is 0.243 e. The standard InChI is InChI=1S/C14H13ClFNO2S/c1-17(10-11-7-8-12(16)9-14(11)15)20(18,19)13-5-3-2-4-6-13/h2-9H,10H2,1H3. The Morgan fingerprint density at radius 1 is 1.15 bits per heavy atom. The van der Waals surface area contributed by atoms with E-state index in [2.05, 4.69) is 0 Å². The highest BCUT2D eigenvalue weighted by molar-refractivity contribution is 7.89. The SMILES string of the molecule is CN(Cc1ccc(F)cc1Cl)S(=O)(=O)c1ccccc1. The molecule has 6 heteroatoms. The van der Waals surface area contributed by atoms with Crippen LogP contribution < -0.4 is 0 Å². The van der Waals surface area contributed by atoms with Gasteiger partial charge in [-0.1, -0.05) is 35.9 Å². The number of benzene rings is 2. The maximum atomic E-state index is 13.0. The Morgan fingerprint density at radius 2 is 1.80 bits per heavy atom. The van der Waals surface area contributed by atoms with Crippen LogP contribution in [0, 0.1) is 5.82 Å². The van der Waals surface area contributed by atoms with Gasteiger partial charge in [0.1, 0.15) is 5.82 Å². The number of halogens is 2. The van der Waals surface area contributed by atoms with Crippen LogP contribution in [0.5, 0.6) is 0 Å². The van der Waals surface area contributed by atoms with Crippen LogP contribution in [0.3, 0.4) is 0 Å². The van der Waals surface area contributed by atoms with Crippen molar-refractivity contribution in [2.45, 2.75) is 11.4 Å². The predicted octanol–water partition coefficient (Wildman–Crippen LogP) is 3.30. The van der Waals surface area contributed by atoms with Crippen molar-refractivity contribution >= 4 is 21.6 Å². The van der Waals surface area contributed by atoms with Crippen LogP contribution in [0.1, 0.15) is 5.56 Å². The van der Waals surface area contributed by atoms with Gasteiger partial charge < -0.3 is 0 Å². The highest BCUT2D eigenvalue weighted by Crippen LogP contribution is 2.22. The zero-order valence-corrected chi connectivity index (χ0v) is 12.3. The Hall–Kier alpha value is -1.43. The van der Waals surface area contributed by atoms with Crippen LogP contribution in [0.2, 0.25) is 5.02 Å². The van der Waals surface area contributed by atoms with E-state index in [1.807, 2.05) is 0 Å². The Morgan fingerprint density at radius 3 is 2.40 bits per heavy atom. The van der Waals surface area contributed by atoms with Gasteiger partial charge in [-0.2, -0.15) is 4.31 Å². The summed E-state index contributed by atoms with van der Waals surface area (Å²) >= 11 is 5.91. The third-order valence-corrected chi connectivity index (χ3v) is 5.03. The molecular formula is C14H13ClFNO2S. The van der Waals surface area contributed by atoms with Crippen molar-refractivity contribution in [2.75, 3.05) is 7.05 Å². The van der Waals surface area contributed by atoms with Gasteiger partial charge in [-0.05, 0) is 29.8 Å². The van der Waals surface area contributed by atoms with E-state index in [4.69, 9.17) is 11.6 Å². The molecule has 106 valence electrons. The Kier molecular flexibility index (Phi) is 4.42. The average molecular weight is 314 g/mol. The summed E-state index contributed by atoms with van der Waals surface area (Å²) in [6.45, 7) is 0.0797. The lowest BCUT2D eigenvalue weighted by Gasteiger charge is -2.18. The van der Waals surface area contributed by atoms with Gasteiger partial charge in [0, 0.05) is 18.6 Å². The van der Waals surface area contributed by atoms with Crippen LogP contribution in [0.4, 0.5) is 4.39 Å². The Bertz CT molecular complexity index is 704. The molecule has 0 aliphatic heterocycles. The van der Waals surface area contributed by atoms with E-state index in [1.165, 1.54) is 41.7 Å². The summed E-state index contributed by atoms with van der Waals surface area (Å²) in [4.78, 5) is 0.209. The molecule has 0 radical (unpaired) electrons. The first kappa shape index (κ1) is 15.0. The first-order valence-electron chi connectivity index (χ1n) is 5.86. The van der Waals surface area contributed by atoms with Crippen molar-refractivity contribution in [1.29, 1.82) is 0 Å². The lowest BCUT2D eigenvalue weighted by molar-refractivity contribution is 0.466. The van der Waals surface area contributed by atoms with Crippen LogP contribution >= 0.6 is 11.6 Å². The first-order chi connectivity index (χ1) is 9.41. The predicted molar refractivity (Wildman–Crippen MR) is 76.5 cm³/mol. The molecule has 0 N–H and O–H groups in total. The van der Waals surface area contributed by atoms with Crippen molar-refractivity contribution in [3.8, 4) is 0 Å². The normalized spacial score (nSPS) is 11.8. The van der Waals surface area contributed by atoms with Crippen molar-refractivity contribution in [3.05, 3.63) is 64.9 Å². The first-order valence-corrected chi connectivity index (χ1v) is 7.68. The molecule has 2 aromatic rings. The number of sulfonamides is 1. The molecule has 0 saturated heterocycles. The summed E-state index contributed by atoms with van der Waals surface area (Å²) < 4.78 is 38.8. The summed E-state index contributed by atoms with van der Waals surface area (Å²) in [6, 6.07) is 12.0. The van der Waals surface area contributed by atoms with Crippen LogP contribution in [-0.4, -0.2) is 19.8 Å². The summed E-state index contributed by atoms with van der Waals surface area (Å²) in [5.41, 5.74) is 0.551. The van der Waals surface area contributed by atoms with E-state index in [0.717, 1.165) is 0 Å². The Labute approximate surface area is 122 Å². The third kappa shape index (κ3) is 3.17. The minimum Gasteiger partial charge on any atom is -0.207 e. The maximum absolute atomic E-state index is 13.0. The van der Waals surface area contributed by atoms with Gasteiger partial charge in [-0.3, -0.25) is 0 Å². The van der Waals surface area contributed by atoms with Crippen LogP contribution in [0.15, 0.2) is 53.4 Å². The van der Waals surface area contributed by atoms with Gasteiger partial charge in [0.2, 0.25) is 10.0 Å². The molecule has 2 rings (SSSR count). The van der Waals surface area contributed by atoms with Crippen molar-refractivity contribution in [3.63, 3.8) is 0 Å². The average Bonchev–Trinajstić information content (AvgIpc) is 2.42. The molecule has 0 amide bonds. The quantitative estimate of drug-likeness (QED) is 0.868. The monoisotopic (exact) mass is 313 g/mol. The van der Waals surface area contributed by atoms with Crippen LogP contribution in [0.25, 0.3) is 0 Å². The molecule has 0 heterocycles. The molecule has 0 aliphatic carbocycles. The molecule has 0 fully saturated rings. The van der Waals surface area contributed by atoms with E-state index in [0.29, 0.717) is 5.56 Å². The Balaban J connectivity index is 2.26. The van der Waals surface area contributed by atoms with Gasteiger partial charge in [0.15, 0.2) is 0 Å². The van der Waals surface area contributed by atoms with E-state index in [1.54, 1.807) is 18.2 Å². The van der Waals surface area contributed by atoms with Gasteiger partial charge in [-0.15, -0.1) is 0 Å². The van der Waals surface area contributed by atoms with Crippen LogP contribution in [-0.2, 0) is 16.6 Å². The fourth-order valence-corrected chi connectivity index (χ4v) is 3.14. The smallest absolute Gasteiger partial charge is 0.207 e. The van der Waals surface area contributed by atoms with Gasteiger partial charge in [0.05, 0.1) is 4.90 Å². The lowest BCUT2D eigenvalue weighted by Crippen LogP contribution is -2.26. The minimum atomic E-state index is -3.58. The molecule has 3 nitrogen and oxygen atoms in total. The van der Waals surface area contributed by atoms with Crippen molar-refractivity contribution in [1.82, 2.24) is 4.31 Å². The van der Waals surface area contributed by atoms with Gasteiger partial charge >= 0.3 is 0 Å². The summed E-state index contributed by atoms with van der Waals surface area (Å²) in [6.07, 6.45) is 0. The number of hydrogen-bond donors (Lipinski definition) is 0. The van der Waals surface area contributed by atoms with Gasteiger partial charge in [0.25, 0.3) is 0 Å². The number of nitrogens with zero attached hydrogens (tertiary/aromatic N) is 1. The third-order valence-electron chi connectivity index (χ3n) is 2.86. The second kappa shape index (κ2) is 5.91. The molecule has 0 saturated carbocycles. The van der Waals surface area contributed by atoms with Gasteiger partial charge in [-0.25, -0.2) is 12.8 Å².